The minimum Gasteiger partial charge on any atom is -0.389 e. The van der Waals surface area contributed by atoms with E-state index in [2.05, 4.69) is 4.98 Å². The summed E-state index contributed by atoms with van der Waals surface area (Å²) in [7, 11) is 0. The highest BCUT2D eigenvalue weighted by Crippen LogP contribution is 2.29. The number of aliphatic hydroxyl groups is 1. The van der Waals surface area contributed by atoms with Crippen molar-refractivity contribution in [3.63, 3.8) is 0 Å². The van der Waals surface area contributed by atoms with Crippen molar-refractivity contribution in [2.45, 2.75) is 20.0 Å². The van der Waals surface area contributed by atoms with Gasteiger partial charge in [0.25, 0.3) is 0 Å². The van der Waals surface area contributed by atoms with Crippen molar-refractivity contribution in [3.05, 3.63) is 54.0 Å². The first-order valence-corrected chi connectivity index (χ1v) is 6.29. The summed E-state index contributed by atoms with van der Waals surface area (Å²) in [6, 6.07) is 9.90. The molecule has 0 unspecified atom stereocenters. The number of rotatable bonds is 4. The van der Waals surface area contributed by atoms with Gasteiger partial charge in [0.05, 0.1) is 6.10 Å². The fourth-order valence-corrected chi connectivity index (χ4v) is 2.04. The lowest BCUT2D eigenvalue weighted by atomic mass is 10.1. The Morgan fingerprint density at radius 2 is 1.95 bits per heavy atom. The third kappa shape index (κ3) is 2.90. The molecule has 1 N–H and O–H groups in total. The average molecular weight is 260 g/mol. The van der Waals surface area contributed by atoms with Gasteiger partial charge in [-0.15, -0.1) is 0 Å². The predicted octanol–water partition coefficient (Wildman–Crippen LogP) is 3.43. The average Bonchev–Trinajstić information content (AvgIpc) is 2.42. The topological polar surface area (TPSA) is 36.4 Å². The van der Waals surface area contributed by atoms with Gasteiger partial charge >= 0.3 is 0 Å². The van der Waals surface area contributed by atoms with Crippen LogP contribution >= 0.6 is 0 Å². The molecule has 0 bridgehead atoms. The summed E-state index contributed by atoms with van der Waals surface area (Å²) < 4.78 is 13.0. The molecule has 0 saturated heterocycles. The predicted molar refractivity (Wildman–Crippen MR) is 74.0 cm³/mol. The standard InChI is InChI=1S/C15H17FN2O/c1-3-18(13-8-6-12(16)7-9-13)15-14(11(2)19)5-4-10-17-15/h4-11,19H,3H2,1-2H3/t11-/m1/s1. The summed E-state index contributed by atoms with van der Waals surface area (Å²) in [6.45, 7) is 4.38. The number of aliphatic hydroxyl groups excluding tert-OH is 1. The first-order valence-electron chi connectivity index (χ1n) is 6.29. The molecule has 1 atom stereocenters. The van der Waals surface area contributed by atoms with Crippen LogP contribution in [0.2, 0.25) is 0 Å². The molecule has 0 radical (unpaired) electrons. The normalized spacial score (nSPS) is 12.2. The van der Waals surface area contributed by atoms with Crippen LogP contribution in [-0.4, -0.2) is 16.6 Å². The molecule has 0 saturated carbocycles. The molecule has 2 aromatic rings. The second-order valence-corrected chi connectivity index (χ2v) is 4.31. The van der Waals surface area contributed by atoms with Gasteiger partial charge in [0.15, 0.2) is 0 Å². The van der Waals surface area contributed by atoms with Crippen molar-refractivity contribution < 1.29 is 9.50 Å². The number of pyridine rings is 1. The number of nitrogens with zero attached hydrogens (tertiary/aromatic N) is 2. The molecule has 2 rings (SSSR count). The summed E-state index contributed by atoms with van der Waals surface area (Å²) in [5.41, 5.74) is 1.61. The van der Waals surface area contributed by atoms with Crippen LogP contribution in [0.5, 0.6) is 0 Å². The SMILES string of the molecule is CCN(c1ccc(F)cc1)c1ncccc1[C@@H](C)O. The number of aromatic nitrogens is 1. The third-order valence-electron chi connectivity index (χ3n) is 2.98. The van der Waals surface area contributed by atoms with Gasteiger partial charge in [0.1, 0.15) is 11.6 Å². The van der Waals surface area contributed by atoms with Gasteiger partial charge in [0, 0.05) is 24.0 Å². The Balaban J connectivity index is 2.45. The van der Waals surface area contributed by atoms with E-state index < -0.39 is 6.10 Å². The van der Waals surface area contributed by atoms with E-state index in [9.17, 15) is 9.50 Å². The van der Waals surface area contributed by atoms with Crippen molar-refractivity contribution in [1.29, 1.82) is 0 Å². The van der Waals surface area contributed by atoms with Gasteiger partial charge in [-0.3, -0.25) is 0 Å². The van der Waals surface area contributed by atoms with Gasteiger partial charge in [-0.05, 0) is 44.2 Å². The number of benzene rings is 1. The van der Waals surface area contributed by atoms with Crippen LogP contribution in [0.4, 0.5) is 15.9 Å². The molecule has 1 heterocycles. The van der Waals surface area contributed by atoms with E-state index in [4.69, 9.17) is 0 Å². The van der Waals surface area contributed by atoms with Crippen LogP contribution in [0.1, 0.15) is 25.5 Å². The van der Waals surface area contributed by atoms with Crippen molar-refractivity contribution in [3.8, 4) is 0 Å². The summed E-state index contributed by atoms with van der Waals surface area (Å²) in [4.78, 5) is 6.29. The van der Waals surface area contributed by atoms with E-state index in [1.165, 1.54) is 12.1 Å². The molecule has 1 aromatic heterocycles. The summed E-state index contributed by atoms with van der Waals surface area (Å²) in [5.74, 6) is 0.434. The third-order valence-corrected chi connectivity index (χ3v) is 2.98. The second-order valence-electron chi connectivity index (χ2n) is 4.31. The van der Waals surface area contributed by atoms with E-state index >= 15 is 0 Å². The quantitative estimate of drug-likeness (QED) is 0.915. The Morgan fingerprint density at radius 1 is 1.26 bits per heavy atom. The van der Waals surface area contributed by atoms with E-state index in [1.54, 1.807) is 31.3 Å². The van der Waals surface area contributed by atoms with E-state index in [0.717, 1.165) is 11.3 Å². The van der Waals surface area contributed by atoms with Crippen molar-refractivity contribution >= 4 is 11.5 Å². The molecule has 0 fully saturated rings. The van der Waals surface area contributed by atoms with Gasteiger partial charge in [-0.2, -0.15) is 0 Å². The van der Waals surface area contributed by atoms with Crippen LogP contribution in [0.25, 0.3) is 0 Å². The molecule has 4 heteroatoms. The molecule has 0 aliphatic carbocycles. The zero-order valence-electron chi connectivity index (χ0n) is 11.0. The fraction of sp³-hybridized carbons (Fsp3) is 0.267. The molecule has 0 aliphatic heterocycles. The minimum atomic E-state index is -0.599. The molecule has 1 aromatic carbocycles. The van der Waals surface area contributed by atoms with E-state index in [-0.39, 0.29) is 5.82 Å². The Morgan fingerprint density at radius 3 is 2.53 bits per heavy atom. The molecule has 3 nitrogen and oxygen atoms in total. The zero-order valence-corrected chi connectivity index (χ0v) is 11.0. The second kappa shape index (κ2) is 5.80. The summed E-state index contributed by atoms with van der Waals surface area (Å²) in [5, 5.41) is 9.81. The van der Waals surface area contributed by atoms with Crippen LogP contribution in [0, 0.1) is 5.82 Å². The monoisotopic (exact) mass is 260 g/mol. The smallest absolute Gasteiger partial charge is 0.138 e. The Hall–Kier alpha value is -1.94. The molecule has 19 heavy (non-hydrogen) atoms. The maximum absolute atomic E-state index is 13.0. The number of hydrogen-bond donors (Lipinski definition) is 1. The molecule has 0 spiro atoms. The van der Waals surface area contributed by atoms with Gasteiger partial charge in [0.2, 0.25) is 0 Å². The van der Waals surface area contributed by atoms with Crippen molar-refractivity contribution in [2.24, 2.45) is 0 Å². The van der Waals surface area contributed by atoms with Gasteiger partial charge in [-0.1, -0.05) is 6.07 Å². The minimum absolute atomic E-state index is 0.267. The van der Waals surface area contributed by atoms with Crippen molar-refractivity contribution in [1.82, 2.24) is 4.98 Å². The molecule has 100 valence electrons. The Labute approximate surface area is 112 Å². The highest BCUT2D eigenvalue weighted by Gasteiger charge is 2.15. The highest BCUT2D eigenvalue weighted by molar-refractivity contribution is 5.63. The van der Waals surface area contributed by atoms with Crippen molar-refractivity contribution in [2.75, 3.05) is 11.4 Å². The first-order chi connectivity index (χ1) is 9.13. The van der Waals surface area contributed by atoms with Gasteiger partial charge < -0.3 is 10.0 Å². The van der Waals surface area contributed by atoms with Crippen LogP contribution in [0.15, 0.2) is 42.6 Å². The van der Waals surface area contributed by atoms with Gasteiger partial charge in [-0.25, -0.2) is 9.37 Å². The zero-order chi connectivity index (χ0) is 13.8. The van der Waals surface area contributed by atoms with Crippen LogP contribution in [-0.2, 0) is 0 Å². The van der Waals surface area contributed by atoms with Crippen LogP contribution in [0.3, 0.4) is 0 Å². The van der Waals surface area contributed by atoms with Crippen LogP contribution < -0.4 is 4.90 Å². The molecular weight excluding hydrogens is 243 g/mol. The maximum Gasteiger partial charge on any atom is 0.138 e. The summed E-state index contributed by atoms with van der Waals surface area (Å²) >= 11 is 0. The number of halogens is 1. The lowest BCUT2D eigenvalue weighted by Crippen LogP contribution is -2.19. The largest absolute Gasteiger partial charge is 0.389 e. The lowest BCUT2D eigenvalue weighted by Gasteiger charge is -2.25. The number of hydrogen-bond acceptors (Lipinski definition) is 3. The Kier molecular flexibility index (Phi) is 4.12. The maximum atomic E-state index is 13.0. The molecule has 0 aliphatic rings. The molecule has 0 amide bonds. The molecular formula is C15H17FN2O. The Bertz CT molecular complexity index is 540. The van der Waals surface area contributed by atoms with E-state index in [0.29, 0.717) is 12.4 Å². The highest BCUT2D eigenvalue weighted by atomic mass is 19.1. The fourth-order valence-electron chi connectivity index (χ4n) is 2.04. The lowest BCUT2D eigenvalue weighted by molar-refractivity contribution is 0.199. The number of anilines is 2. The first kappa shape index (κ1) is 13.5. The van der Waals surface area contributed by atoms with E-state index in [1.807, 2.05) is 17.9 Å². The summed E-state index contributed by atoms with van der Waals surface area (Å²) in [6.07, 6.45) is 1.09.